The normalized spacial score (nSPS) is 14.8. The molecule has 1 heterocycles. The van der Waals surface area contributed by atoms with Crippen molar-refractivity contribution in [3.63, 3.8) is 0 Å². The van der Waals surface area contributed by atoms with Crippen molar-refractivity contribution >= 4 is 17.0 Å². The van der Waals surface area contributed by atoms with E-state index in [1.807, 2.05) is 0 Å². The summed E-state index contributed by atoms with van der Waals surface area (Å²) in [4.78, 5) is 4.66. The average Bonchev–Trinajstić information content (AvgIpc) is 2.40. The van der Waals surface area contributed by atoms with Crippen molar-refractivity contribution in [1.82, 2.24) is 0 Å². The number of fused-ring (bicyclic) bond motifs is 1. The second-order valence-electron chi connectivity index (χ2n) is 4.86. The Morgan fingerprint density at radius 1 is 1.24 bits per heavy atom. The van der Waals surface area contributed by atoms with Crippen LogP contribution < -0.4 is 5.32 Å². The molecule has 0 spiro atoms. The molecule has 0 saturated heterocycles. The number of rotatable bonds is 1. The van der Waals surface area contributed by atoms with Gasteiger partial charge in [-0.15, -0.1) is 0 Å². The maximum atomic E-state index is 4.66. The van der Waals surface area contributed by atoms with Gasteiger partial charge in [-0.3, -0.25) is 4.99 Å². The zero-order chi connectivity index (χ0) is 12.4. The van der Waals surface area contributed by atoms with E-state index in [1.54, 1.807) is 0 Å². The van der Waals surface area contributed by atoms with Gasteiger partial charge in [0, 0.05) is 35.6 Å². The molecule has 2 rings (SSSR count). The number of hydrogen-bond acceptors (Lipinski definition) is 2. The zero-order valence-electron chi connectivity index (χ0n) is 11.1. The molecule has 1 aromatic rings. The van der Waals surface area contributed by atoms with Crippen LogP contribution in [0.2, 0.25) is 0 Å². The van der Waals surface area contributed by atoms with Gasteiger partial charge in [0.05, 0.1) is 0 Å². The lowest BCUT2D eigenvalue weighted by molar-refractivity contribution is 0.990. The van der Waals surface area contributed by atoms with Gasteiger partial charge in [0.25, 0.3) is 0 Å². The highest BCUT2D eigenvalue weighted by Gasteiger charge is 2.13. The van der Waals surface area contributed by atoms with Gasteiger partial charge in [0.1, 0.15) is 0 Å². The highest BCUT2D eigenvalue weighted by Crippen LogP contribution is 2.31. The van der Waals surface area contributed by atoms with Crippen molar-refractivity contribution in [3.8, 4) is 0 Å². The maximum absolute atomic E-state index is 4.66. The molecule has 1 aliphatic heterocycles. The number of anilines is 1. The molecule has 0 radical (unpaired) electrons. The Bertz CT molecular complexity index is 492. The molecule has 1 aliphatic rings. The van der Waals surface area contributed by atoms with Crippen LogP contribution in [0.3, 0.4) is 0 Å². The van der Waals surface area contributed by atoms with Crippen LogP contribution in [0.25, 0.3) is 5.57 Å². The van der Waals surface area contributed by atoms with Crippen molar-refractivity contribution < 1.29 is 0 Å². The van der Waals surface area contributed by atoms with E-state index in [9.17, 15) is 0 Å². The molecule has 0 aromatic heterocycles. The lowest BCUT2D eigenvalue weighted by Gasteiger charge is -2.09. The number of allylic oxidation sites excluding steroid dienone is 1. The van der Waals surface area contributed by atoms with E-state index in [1.165, 1.54) is 28.1 Å². The molecule has 90 valence electrons. The van der Waals surface area contributed by atoms with E-state index < -0.39 is 0 Å². The minimum atomic E-state index is 0.958. The molecular formula is C15H20N2. The van der Waals surface area contributed by atoms with Crippen LogP contribution in [0.15, 0.2) is 28.9 Å². The molecule has 0 fully saturated rings. The molecule has 2 heteroatoms. The van der Waals surface area contributed by atoms with Crippen LogP contribution in [0.1, 0.15) is 38.3 Å². The van der Waals surface area contributed by atoms with Crippen molar-refractivity contribution in [2.75, 3.05) is 11.9 Å². The zero-order valence-corrected chi connectivity index (χ0v) is 11.1. The van der Waals surface area contributed by atoms with E-state index in [0.29, 0.717) is 0 Å². The highest BCUT2D eigenvalue weighted by molar-refractivity contribution is 5.84. The number of nitrogens with one attached hydrogen (secondary N) is 1. The highest BCUT2D eigenvalue weighted by atomic mass is 14.9. The molecule has 17 heavy (non-hydrogen) atoms. The third-order valence-electron chi connectivity index (χ3n) is 3.05. The number of aryl methyl sites for hydroxylation is 1. The van der Waals surface area contributed by atoms with Crippen LogP contribution in [0.4, 0.5) is 5.69 Å². The summed E-state index contributed by atoms with van der Waals surface area (Å²) >= 11 is 0. The van der Waals surface area contributed by atoms with Crippen LogP contribution in [-0.2, 0) is 0 Å². The topological polar surface area (TPSA) is 24.4 Å². The van der Waals surface area contributed by atoms with Crippen molar-refractivity contribution in [2.24, 2.45) is 4.99 Å². The second kappa shape index (κ2) is 4.74. The molecular weight excluding hydrogens is 208 g/mol. The van der Waals surface area contributed by atoms with E-state index in [4.69, 9.17) is 0 Å². The van der Waals surface area contributed by atoms with Crippen LogP contribution in [0, 0.1) is 6.92 Å². The van der Waals surface area contributed by atoms with Crippen LogP contribution in [0.5, 0.6) is 0 Å². The Balaban J connectivity index is 2.56. The first-order chi connectivity index (χ1) is 8.08. The summed E-state index contributed by atoms with van der Waals surface area (Å²) in [5, 5.41) is 3.48. The van der Waals surface area contributed by atoms with Crippen molar-refractivity contribution in [2.45, 2.75) is 34.1 Å². The predicted octanol–water partition coefficient (Wildman–Crippen LogP) is 4.02. The smallest absolute Gasteiger partial charge is 0.0456 e. The largest absolute Gasteiger partial charge is 0.384 e. The predicted molar refractivity (Wildman–Crippen MR) is 75.7 cm³/mol. The standard InChI is InChI=1S/C15H20N2/c1-10(2)17-14-7-8-16-15-6-5-11(3)9-13(15)12(14)4/h5-6,9,16H,7-8H2,1-4H3. The SMILES string of the molecule is CC(C)=NC1=C(C)c2cc(C)ccc2NCC1. The summed E-state index contributed by atoms with van der Waals surface area (Å²) in [6.45, 7) is 9.37. The van der Waals surface area contributed by atoms with Crippen LogP contribution >= 0.6 is 0 Å². The molecule has 1 aromatic carbocycles. The molecule has 2 nitrogen and oxygen atoms in total. The van der Waals surface area contributed by atoms with E-state index in [-0.39, 0.29) is 0 Å². The van der Waals surface area contributed by atoms with Gasteiger partial charge in [-0.25, -0.2) is 0 Å². The fourth-order valence-corrected chi connectivity index (χ4v) is 2.19. The molecule has 0 saturated carbocycles. The van der Waals surface area contributed by atoms with Gasteiger partial charge < -0.3 is 5.32 Å². The van der Waals surface area contributed by atoms with Crippen molar-refractivity contribution in [3.05, 3.63) is 35.0 Å². The van der Waals surface area contributed by atoms with E-state index >= 15 is 0 Å². The lowest BCUT2D eigenvalue weighted by Crippen LogP contribution is -2.00. The monoisotopic (exact) mass is 228 g/mol. The van der Waals surface area contributed by atoms with Gasteiger partial charge in [-0.1, -0.05) is 11.6 Å². The maximum Gasteiger partial charge on any atom is 0.0456 e. The first-order valence-corrected chi connectivity index (χ1v) is 6.14. The van der Waals surface area contributed by atoms with Gasteiger partial charge in [-0.2, -0.15) is 0 Å². The second-order valence-corrected chi connectivity index (χ2v) is 4.86. The fraction of sp³-hybridized carbons (Fsp3) is 0.400. The Kier molecular flexibility index (Phi) is 3.32. The molecule has 0 aliphatic carbocycles. The fourth-order valence-electron chi connectivity index (χ4n) is 2.19. The van der Waals surface area contributed by atoms with Crippen LogP contribution in [-0.4, -0.2) is 12.3 Å². The van der Waals surface area contributed by atoms with Gasteiger partial charge in [-0.05, 0) is 45.4 Å². The minimum Gasteiger partial charge on any atom is -0.384 e. The Hall–Kier alpha value is -1.57. The van der Waals surface area contributed by atoms with E-state index in [2.05, 4.69) is 56.2 Å². The minimum absolute atomic E-state index is 0.958. The number of nitrogens with zero attached hydrogens (tertiary/aromatic N) is 1. The molecule has 0 atom stereocenters. The first-order valence-electron chi connectivity index (χ1n) is 6.14. The van der Waals surface area contributed by atoms with Gasteiger partial charge in [0.15, 0.2) is 0 Å². The molecule has 0 bridgehead atoms. The molecule has 0 unspecified atom stereocenters. The quantitative estimate of drug-likeness (QED) is 0.721. The molecule has 1 N–H and O–H groups in total. The first kappa shape index (κ1) is 11.9. The van der Waals surface area contributed by atoms with Crippen molar-refractivity contribution in [1.29, 1.82) is 0 Å². The Morgan fingerprint density at radius 2 is 2.00 bits per heavy atom. The third kappa shape index (κ3) is 2.57. The summed E-state index contributed by atoms with van der Waals surface area (Å²) in [7, 11) is 0. The average molecular weight is 228 g/mol. The van der Waals surface area contributed by atoms with Gasteiger partial charge >= 0.3 is 0 Å². The number of hydrogen-bond donors (Lipinski definition) is 1. The third-order valence-corrected chi connectivity index (χ3v) is 3.05. The Labute approximate surface area is 103 Å². The number of benzene rings is 1. The summed E-state index contributed by atoms with van der Waals surface area (Å²) in [5.74, 6) is 0. The summed E-state index contributed by atoms with van der Waals surface area (Å²) in [5.41, 5.74) is 7.45. The summed E-state index contributed by atoms with van der Waals surface area (Å²) in [6, 6.07) is 6.56. The number of aliphatic imine (C=N–C) groups is 1. The van der Waals surface area contributed by atoms with Gasteiger partial charge in [0.2, 0.25) is 0 Å². The van der Waals surface area contributed by atoms with E-state index in [0.717, 1.165) is 18.7 Å². The Morgan fingerprint density at radius 3 is 2.71 bits per heavy atom. The summed E-state index contributed by atoms with van der Waals surface area (Å²) in [6.07, 6.45) is 0.991. The summed E-state index contributed by atoms with van der Waals surface area (Å²) < 4.78 is 0. The molecule has 0 amide bonds. The lowest BCUT2D eigenvalue weighted by atomic mass is 10.0.